The zero-order chi connectivity index (χ0) is 8.69. The Morgan fingerprint density at radius 1 is 1.55 bits per heavy atom. The fourth-order valence-corrected chi connectivity index (χ4v) is 0.451. The van der Waals surface area contributed by atoms with Gasteiger partial charge in [0, 0.05) is 11.8 Å². The topological polar surface area (TPSA) is 26.3 Å². The Morgan fingerprint density at radius 3 is 2.64 bits per heavy atom. The quantitative estimate of drug-likeness (QED) is 0.343. The molecular formula is C9H14O2. The summed E-state index contributed by atoms with van der Waals surface area (Å²) in [7, 11) is 0. The Hall–Kier alpha value is -0.970. The van der Waals surface area contributed by atoms with Crippen molar-refractivity contribution in [1.82, 2.24) is 0 Å². The minimum Gasteiger partial charge on any atom is -0.456 e. The van der Waals surface area contributed by atoms with E-state index in [0.717, 1.165) is 6.42 Å². The molecule has 11 heavy (non-hydrogen) atoms. The number of carbonyl (C=O) groups is 1. The zero-order valence-corrected chi connectivity index (χ0v) is 7.31. The molecule has 0 unspecified atom stereocenters. The summed E-state index contributed by atoms with van der Waals surface area (Å²) in [6, 6.07) is 0. The van der Waals surface area contributed by atoms with Gasteiger partial charge >= 0.3 is 5.97 Å². The summed E-state index contributed by atoms with van der Waals surface area (Å²) in [5.74, 6) is 5.07. The van der Waals surface area contributed by atoms with E-state index in [1.165, 1.54) is 0 Å². The van der Waals surface area contributed by atoms with Crippen LogP contribution in [0.2, 0.25) is 0 Å². The lowest BCUT2D eigenvalue weighted by Gasteiger charge is -1.94. The fraction of sp³-hybridized carbons (Fsp3) is 0.667. The summed E-state index contributed by atoms with van der Waals surface area (Å²) >= 11 is 0. The van der Waals surface area contributed by atoms with Crippen molar-refractivity contribution in [2.75, 3.05) is 6.61 Å². The van der Waals surface area contributed by atoms with Crippen LogP contribution >= 0.6 is 0 Å². The lowest BCUT2D eigenvalue weighted by molar-refractivity contribution is -0.136. The van der Waals surface area contributed by atoms with E-state index < -0.39 is 5.97 Å². The predicted molar refractivity (Wildman–Crippen MR) is 43.9 cm³/mol. The van der Waals surface area contributed by atoms with Gasteiger partial charge in [0.1, 0.15) is 0 Å². The molecule has 0 bridgehead atoms. The number of hydrogen-bond donors (Lipinski definition) is 0. The van der Waals surface area contributed by atoms with Crippen LogP contribution in [-0.2, 0) is 9.53 Å². The SMILES string of the molecule is CCOC(=O)C#C[C@@H](C)CC. The summed E-state index contributed by atoms with van der Waals surface area (Å²) in [5.41, 5.74) is 0. The average molecular weight is 154 g/mol. The summed E-state index contributed by atoms with van der Waals surface area (Å²) < 4.78 is 4.62. The van der Waals surface area contributed by atoms with Crippen LogP contribution in [-0.4, -0.2) is 12.6 Å². The number of ether oxygens (including phenoxy) is 1. The molecule has 0 N–H and O–H groups in total. The van der Waals surface area contributed by atoms with Crippen LogP contribution in [0.25, 0.3) is 0 Å². The smallest absolute Gasteiger partial charge is 0.384 e. The monoisotopic (exact) mass is 154 g/mol. The van der Waals surface area contributed by atoms with Gasteiger partial charge in [0.05, 0.1) is 6.61 Å². The van der Waals surface area contributed by atoms with Crippen molar-refractivity contribution < 1.29 is 9.53 Å². The van der Waals surface area contributed by atoms with Gasteiger partial charge in [0.2, 0.25) is 0 Å². The highest BCUT2D eigenvalue weighted by Gasteiger charge is 1.94. The molecule has 0 aromatic carbocycles. The zero-order valence-electron chi connectivity index (χ0n) is 7.31. The second-order valence-corrected chi connectivity index (χ2v) is 2.30. The van der Waals surface area contributed by atoms with E-state index in [-0.39, 0.29) is 5.92 Å². The van der Waals surface area contributed by atoms with Gasteiger partial charge in [-0.2, -0.15) is 0 Å². The van der Waals surface area contributed by atoms with Crippen LogP contribution < -0.4 is 0 Å². The largest absolute Gasteiger partial charge is 0.456 e. The number of hydrogen-bond acceptors (Lipinski definition) is 2. The maximum atomic E-state index is 10.7. The lowest BCUT2D eigenvalue weighted by atomic mass is 10.1. The molecule has 2 heteroatoms. The molecular weight excluding hydrogens is 140 g/mol. The van der Waals surface area contributed by atoms with E-state index in [1.54, 1.807) is 6.92 Å². The minimum atomic E-state index is -0.423. The van der Waals surface area contributed by atoms with Gasteiger partial charge in [-0.25, -0.2) is 4.79 Å². The highest BCUT2D eigenvalue weighted by atomic mass is 16.5. The normalized spacial score (nSPS) is 11.2. The Bertz CT molecular complexity index is 174. The van der Waals surface area contributed by atoms with Crippen molar-refractivity contribution in [3.05, 3.63) is 0 Å². The van der Waals surface area contributed by atoms with Crippen molar-refractivity contribution in [2.24, 2.45) is 5.92 Å². The molecule has 0 aliphatic heterocycles. The van der Waals surface area contributed by atoms with Crippen LogP contribution in [0, 0.1) is 17.8 Å². The van der Waals surface area contributed by atoms with E-state index in [4.69, 9.17) is 0 Å². The Balaban J connectivity index is 3.76. The highest BCUT2D eigenvalue weighted by Crippen LogP contribution is 1.96. The third-order valence-electron chi connectivity index (χ3n) is 1.31. The molecule has 0 aromatic heterocycles. The van der Waals surface area contributed by atoms with Crippen molar-refractivity contribution in [1.29, 1.82) is 0 Å². The molecule has 0 fully saturated rings. The molecule has 0 aliphatic carbocycles. The van der Waals surface area contributed by atoms with Crippen molar-refractivity contribution >= 4 is 5.97 Å². The molecule has 0 aromatic rings. The molecule has 0 saturated carbocycles. The van der Waals surface area contributed by atoms with E-state index in [0.29, 0.717) is 6.61 Å². The summed E-state index contributed by atoms with van der Waals surface area (Å²) in [6.45, 7) is 6.17. The Kier molecular flexibility index (Phi) is 5.28. The van der Waals surface area contributed by atoms with Gasteiger partial charge in [0.25, 0.3) is 0 Å². The molecule has 0 saturated heterocycles. The van der Waals surface area contributed by atoms with Gasteiger partial charge in [0.15, 0.2) is 0 Å². The lowest BCUT2D eigenvalue weighted by Crippen LogP contribution is -2.00. The third kappa shape index (κ3) is 5.47. The van der Waals surface area contributed by atoms with Gasteiger partial charge in [-0.05, 0) is 13.3 Å². The van der Waals surface area contributed by atoms with E-state index >= 15 is 0 Å². The number of carbonyl (C=O) groups excluding carboxylic acids is 1. The molecule has 0 aliphatic rings. The Labute approximate surface area is 67.9 Å². The minimum absolute atomic E-state index is 0.277. The van der Waals surface area contributed by atoms with Gasteiger partial charge < -0.3 is 4.74 Å². The maximum absolute atomic E-state index is 10.7. The summed E-state index contributed by atoms with van der Waals surface area (Å²) in [6.07, 6.45) is 0.965. The standard InChI is InChI=1S/C9H14O2/c1-4-8(3)6-7-9(10)11-5-2/h8H,4-5H2,1-3H3/t8-/m0/s1. The summed E-state index contributed by atoms with van der Waals surface area (Å²) in [4.78, 5) is 10.7. The van der Waals surface area contributed by atoms with Gasteiger partial charge in [-0.15, -0.1) is 0 Å². The maximum Gasteiger partial charge on any atom is 0.384 e. The summed E-state index contributed by atoms with van der Waals surface area (Å²) in [5, 5.41) is 0. The van der Waals surface area contributed by atoms with Crippen LogP contribution in [0.4, 0.5) is 0 Å². The predicted octanol–water partition coefficient (Wildman–Crippen LogP) is 1.60. The molecule has 1 atom stereocenters. The fourth-order valence-electron chi connectivity index (χ4n) is 0.451. The highest BCUT2D eigenvalue weighted by molar-refractivity contribution is 5.88. The van der Waals surface area contributed by atoms with E-state index in [1.807, 2.05) is 13.8 Å². The molecule has 0 amide bonds. The molecule has 0 rings (SSSR count). The third-order valence-corrected chi connectivity index (χ3v) is 1.31. The number of rotatable bonds is 2. The average Bonchev–Trinajstić information content (AvgIpc) is 2.01. The van der Waals surface area contributed by atoms with Gasteiger partial charge in [-0.3, -0.25) is 0 Å². The first-order chi connectivity index (χ1) is 5.20. The van der Waals surface area contributed by atoms with Crippen LogP contribution in [0.3, 0.4) is 0 Å². The van der Waals surface area contributed by atoms with Gasteiger partial charge in [-0.1, -0.05) is 19.8 Å². The second kappa shape index (κ2) is 5.79. The molecule has 2 nitrogen and oxygen atoms in total. The van der Waals surface area contributed by atoms with Crippen LogP contribution in [0.15, 0.2) is 0 Å². The molecule has 0 spiro atoms. The number of esters is 1. The molecule has 0 heterocycles. The van der Waals surface area contributed by atoms with E-state index in [2.05, 4.69) is 16.6 Å². The van der Waals surface area contributed by atoms with Crippen LogP contribution in [0.1, 0.15) is 27.2 Å². The Morgan fingerprint density at radius 2 is 2.18 bits per heavy atom. The van der Waals surface area contributed by atoms with Crippen molar-refractivity contribution in [2.45, 2.75) is 27.2 Å². The molecule has 62 valence electrons. The second-order valence-electron chi connectivity index (χ2n) is 2.30. The van der Waals surface area contributed by atoms with Crippen molar-refractivity contribution in [3.63, 3.8) is 0 Å². The first kappa shape index (κ1) is 10.0. The molecule has 0 radical (unpaired) electrons. The first-order valence-electron chi connectivity index (χ1n) is 3.89. The van der Waals surface area contributed by atoms with E-state index in [9.17, 15) is 4.79 Å². The first-order valence-corrected chi connectivity index (χ1v) is 3.89. The van der Waals surface area contributed by atoms with Crippen molar-refractivity contribution in [3.8, 4) is 11.8 Å². The van der Waals surface area contributed by atoms with Crippen LogP contribution in [0.5, 0.6) is 0 Å².